The van der Waals surface area contributed by atoms with E-state index in [1.54, 1.807) is 0 Å². The molecular weight excluding hydrogens is 574 g/mol. The van der Waals surface area contributed by atoms with E-state index < -0.39 is 0 Å². The minimum Gasteiger partial charge on any atom is -0.456 e. The molecule has 0 saturated carbocycles. The first-order valence-electron chi connectivity index (χ1n) is 15.7. The summed E-state index contributed by atoms with van der Waals surface area (Å²) < 4.78 is 11.0. The Kier molecular flexibility index (Phi) is 5.32. The molecular formula is C43H25N3O. The maximum atomic E-state index is 9.56. The lowest BCUT2D eigenvalue weighted by Gasteiger charge is -2.10. The van der Waals surface area contributed by atoms with Crippen molar-refractivity contribution in [1.29, 1.82) is 5.26 Å². The molecule has 0 radical (unpaired) electrons. The molecule has 10 aromatic rings. The van der Waals surface area contributed by atoms with Gasteiger partial charge in [-0.15, -0.1) is 0 Å². The maximum absolute atomic E-state index is 9.56. The van der Waals surface area contributed by atoms with Gasteiger partial charge in [0.05, 0.1) is 33.7 Å². The Labute approximate surface area is 269 Å². The standard InChI is InChI=1S/C43H25N3O/c44-26-27-16-19-41-35(22-27)34-12-3-6-15-40(34)45(41)30-9-7-8-28(23-30)29-17-20-42-36(24-29)37-25-31(18-21-43(37)47-42)46-38-13-4-1-10-32(38)33-11-2-5-14-39(33)46/h1-25H. The number of hydrogen-bond acceptors (Lipinski definition) is 2. The molecule has 0 amide bonds. The first-order valence-corrected chi connectivity index (χ1v) is 15.7. The summed E-state index contributed by atoms with van der Waals surface area (Å²) in [6.45, 7) is 0. The normalized spacial score (nSPS) is 11.8. The molecule has 218 valence electrons. The Bertz CT molecular complexity index is 2880. The zero-order valence-electron chi connectivity index (χ0n) is 25.2. The summed E-state index contributed by atoms with van der Waals surface area (Å²) in [6.07, 6.45) is 0. The van der Waals surface area contributed by atoms with Crippen LogP contribution in [0.5, 0.6) is 0 Å². The molecule has 4 heteroatoms. The van der Waals surface area contributed by atoms with Crippen LogP contribution in [0.25, 0.3) is 88.1 Å². The highest BCUT2D eigenvalue weighted by molar-refractivity contribution is 6.12. The fourth-order valence-corrected chi connectivity index (χ4v) is 7.43. The molecule has 0 aliphatic heterocycles. The molecule has 0 atom stereocenters. The molecule has 0 fully saturated rings. The minimum absolute atomic E-state index is 0.663. The second kappa shape index (κ2) is 9.71. The number of rotatable bonds is 3. The lowest BCUT2D eigenvalue weighted by molar-refractivity contribution is 0.669. The number of nitrogens with zero attached hydrogens (tertiary/aromatic N) is 3. The molecule has 7 aromatic carbocycles. The molecule has 0 aliphatic carbocycles. The molecule has 10 rings (SSSR count). The van der Waals surface area contributed by atoms with E-state index in [1.165, 1.54) is 21.8 Å². The number of fused-ring (bicyclic) bond motifs is 9. The van der Waals surface area contributed by atoms with Crippen molar-refractivity contribution in [2.45, 2.75) is 0 Å². The summed E-state index contributed by atoms with van der Waals surface area (Å²) >= 11 is 0. The predicted molar refractivity (Wildman–Crippen MR) is 193 cm³/mol. The van der Waals surface area contributed by atoms with E-state index in [-0.39, 0.29) is 0 Å². The highest BCUT2D eigenvalue weighted by atomic mass is 16.3. The lowest BCUT2D eigenvalue weighted by Crippen LogP contribution is -1.94. The van der Waals surface area contributed by atoms with Gasteiger partial charge in [0.15, 0.2) is 0 Å². The Balaban J connectivity index is 1.14. The molecule has 0 aliphatic rings. The maximum Gasteiger partial charge on any atom is 0.135 e. The van der Waals surface area contributed by atoms with Crippen LogP contribution in [0.15, 0.2) is 156 Å². The van der Waals surface area contributed by atoms with Gasteiger partial charge in [-0.3, -0.25) is 0 Å². The van der Waals surface area contributed by atoms with Crippen molar-refractivity contribution in [2.24, 2.45) is 0 Å². The molecule has 0 N–H and O–H groups in total. The van der Waals surface area contributed by atoms with Crippen molar-refractivity contribution in [1.82, 2.24) is 9.13 Å². The van der Waals surface area contributed by atoms with Crippen LogP contribution in [0.1, 0.15) is 5.56 Å². The van der Waals surface area contributed by atoms with Crippen LogP contribution < -0.4 is 0 Å². The van der Waals surface area contributed by atoms with Gasteiger partial charge >= 0.3 is 0 Å². The third-order valence-corrected chi connectivity index (χ3v) is 9.53. The first kappa shape index (κ1) is 25.7. The van der Waals surface area contributed by atoms with Crippen LogP contribution >= 0.6 is 0 Å². The van der Waals surface area contributed by atoms with E-state index in [9.17, 15) is 5.26 Å². The van der Waals surface area contributed by atoms with Crippen molar-refractivity contribution in [3.8, 4) is 28.6 Å². The van der Waals surface area contributed by atoms with Crippen LogP contribution in [0.3, 0.4) is 0 Å². The number of para-hydroxylation sites is 3. The SMILES string of the molecule is N#Cc1ccc2c(c1)c1ccccc1n2-c1cccc(-c2ccc3oc4ccc(-n5c6ccccc6c6ccccc65)cc4c3c2)c1. The molecule has 0 spiro atoms. The molecule has 0 saturated heterocycles. The van der Waals surface area contributed by atoms with E-state index >= 15 is 0 Å². The highest BCUT2D eigenvalue weighted by Crippen LogP contribution is 2.38. The van der Waals surface area contributed by atoms with Crippen molar-refractivity contribution >= 4 is 65.6 Å². The van der Waals surface area contributed by atoms with E-state index in [0.29, 0.717) is 5.56 Å². The smallest absolute Gasteiger partial charge is 0.135 e. The average Bonchev–Trinajstić information content (AvgIpc) is 3.78. The minimum atomic E-state index is 0.663. The van der Waals surface area contributed by atoms with Crippen LogP contribution in [0, 0.1) is 11.3 Å². The van der Waals surface area contributed by atoms with Crippen molar-refractivity contribution in [3.63, 3.8) is 0 Å². The molecule has 47 heavy (non-hydrogen) atoms. The van der Waals surface area contributed by atoms with E-state index in [4.69, 9.17) is 4.42 Å². The third-order valence-electron chi connectivity index (χ3n) is 9.53. The number of benzene rings is 7. The Hall–Kier alpha value is -6.57. The third kappa shape index (κ3) is 3.75. The quantitative estimate of drug-likeness (QED) is 0.203. The zero-order chi connectivity index (χ0) is 31.1. The van der Waals surface area contributed by atoms with Gasteiger partial charge in [-0.05, 0) is 90.0 Å². The van der Waals surface area contributed by atoms with Gasteiger partial charge in [0, 0.05) is 43.7 Å². The molecule has 3 heterocycles. The van der Waals surface area contributed by atoms with Crippen molar-refractivity contribution in [2.75, 3.05) is 0 Å². The number of aromatic nitrogens is 2. The van der Waals surface area contributed by atoms with Gasteiger partial charge in [-0.1, -0.05) is 72.8 Å². The second-order valence-corrected chi connectivity index (χ2v) is 12.1. The average molecular weight is 600 g/mol. The summed E-state index contributed by atoms with van der Waals surface area (Å²) in [5.74, 6) is 0. The second-order valence-electron chi connectivity index (χ2n) is 12.1. The van der Waals surface area contributed by atoms with Gasteiger partial charge in [0.25, 0.3) is 0 Å². The lowest BCUT2D eigenvalue weighted by atomic mass is 10.0. The number of nitriles is 1. The van der Waals surface area contributed by atoms with E-state index in [0.717, 1.165) is 66.2 Å². The van der Waals surface area contributed by atoms with Gasteiger partial charge in [0.2, 0.25) is 0 Å². The predicted octanol–water partition coefficient (Wildman–Crippen LogP) is 11.3. The fourth-order valence-electron chi connectivity index (χ4n) is 7.43. The topological polar surface area (TPSA) is 46.8 Å². The Morgan fingerprint density at radius 3 is 1.64 bits per heavy atom. The summed E-state index contributed by atoms with van der Waals surface area (Å²) in [5, 5.41) is 16.5. The van der Waals surface area contributed by atoms with Crippen LogP contribution in [0.4, 0.5) is 0 Å². The largest absolute Gasteiger partial charge is 0.456 e. The molecule has 4 nitrogen and oxygen atoms in total. The highest BCUT2D eigenvalue weighted by Gasteiger charge is 2.16. The monoisotopic (exact) mass is 599 g/mol. The summed E-state index contributed by atoms with van der Waals surface area (Å²) in [7, 11) is 0. The van der Waals surface area contributed by atoms with Crippen molar-refractivity contribution in [3.05, 3.63) is 157 Å². The van der Waals surface area contributed by atoms with Gasteiger partial charge in [-0.25, -0.2) is 0 Å². The van der Waals surface area contributed by atoms with Gasteiger partial charge in [0.1, 0.15) is 11.2 Å². The van der Waals surface area contributed by atoms with Gasteiger partial charge < -0.3 is 13.6 Å². The summed E-state index contributed by atoms with van der Waals surface area (Å²) in [4.78, 5) is 0. The number of furan rings is 1. The summed E-state index contributed by atoms with van der Waals surface area (Å²) in [5.41, 5.74) is 11.4. The Morgan fingerprint density at radius 2 is 0.957 bits per heavy atom. The summed E-state index contributed by atoms with van der Waals surface area (Å²) in [6, 6.07) is 55.5. The van der Waals surface area contributed by atoms with E-state index in [1.807, 2.05) is 12.1 Å². The Morgan fingerprint density at radius 1 is 0.404 bits per heavy atom. The zero-order valence-corrected chi connectivity index (χ0v) is 25.2. The van der Waals surface area contributed by atoms with Crippen LogP contribution in [-0.4, -0.2) is 9.13 Å². The molecule has 3 aromatic heterocycles. The van der Waals surface area contributed by atoms with Gasteiger partial charge in [-0.2, -0.15) is 5.26 Å². The van der Waals surface area contributed by atoms with E-state index in [2.05, 4.69) is 155 Å². The molecule has 0 unspecified atom stereocenters. The number of hydrogen-bond donors (Lipinski definition) is 0. The first-order chi connectivity index (χ1) is 23.2. The van der Waals surface area contributed by atoms with Crippen LogP contribution in [-0.2, 0) is 0 Å². The van der Waals surface area contributed by atoms with Crippen LogP contribution in [0.2, 0.25) is 0 Å². The van der Waals surface area contributed by atoms with Crippen molar-refractivity contribution < 1.29 is 4.42 Å². The molecule has 0 bridgehead atoms. The fraction of sp³-hybridized carbons (Fsp3) is 0.